The van der Waals surface area contributed by atoms with Crippen LogP contribution in [0.2, 0.25) is 0 Å². The van der Waals surface area contributed by atoms with Crippen LogP contribution in [-0.2, 0) is 12.8 Å². The highest BCUT2D eigenvalue weighted by Gasteiger charge is 2.25. The summed E-state index contributed by atoms with van der Waals surface area (Å²) in [6, 6.07) is 4.22. The zero-order valence-electron chi connectivity index (χ0n) is 13.1. The first kappa shape index (κ1) is 14.4. The standard InChI is InChI=1S/C17H21N5O/c23-16-11-12-3-1-4-15(12)21-22(16)14-7-5-13(6-8-14)20-17-18-9-2-10-19-17/h2,9-11,13-14H,1,3-8H2,(H,18,19,20). The molecule has 2 aromatic rings. The van der Waals surface area contributed by atoms with Gasteiger partial charge >= 0.3 is 0 Å². The van der Waals surface area contributed by atoms with Crippen molar-refractivity contribution >= 4 is 5.95 Å². The van der Waals surface area contributed by atoms with Crippen LogP contribution >= 0.6 is 0 Å². The molecule has 2 aliphatic rings. The summed E-state index contributed by atoms with van der Waals surface area (Å²) in [7, 11) is 0. The molecular formula is C17H21N5O. The van der Waals surface area contributed by atoms with Crippen molar-refractivity contribution in [2.75, 3.05) is 5.32 Å². The van der Waals surface area contributed by atoms with Crippen LogP contribution < -0.4 is 10.9 Å². The van der Waals surface area contributed by atoms with E-state index in [4.69, 9.17) is 0 Å². The third-order valence-corrected chi connectivity index (χ3v) is 4.92. The van der Waals surface area contributed by atoms with Crippen LogP contribution in [0.3, 0.4) is 0 Å². The summed E-state index contributed by atoms with van der Waals surface area (Å²) in [5.41, 5.74) is 2.35. The number of hydrogen-bond acceptors (Lipinski definition) is 5. The monoisotopic (exact) mass is 311 g/mol. The Labute approximate surface area is 135 Å². The van der Waals surface area contributed by atoms with E-state index in [2.05, 4.69) is 20.4 Å². The van der Waals surface area contributed by atoms with E-state index >= 15 is 0 Å². The molecular weight excluding hydrogens is 290 g/mol. The fraction of sp³-hybridized carbons (Fsp3) is 0.529. The average Bonchev–Trinajstić information content (AvgIpc) is 3.03. The maximum absolute atomic E-state index is 12.3. The number of aromatic nitrogens is 4. The maximum atomic E-state index is 12.3. The summed E-state index contributed by atoms with van der Waals surface area (Å²) >= 11 is 0. The van der Waals surface area contributed by atoms with E-state index in [1.54, 1.807) is 23.1 Å². The second kappa shape index (κ2) is 6.10. The lowest BCUT2D eigenvalue weighted by molar-refractivity contribution is 0.301. The van der Waals surface area contributed by atoms with Gasteiger partial charge in [0.15, 0.2) is 0 Å². The summed E-state index contributed by atoms with van der Waals surface area (Å²) in [6.45, 7) is 0. The van der Waals surface area contributed by atoms with Crippen LogP contribution in [-0.4, -0.2) is 25.8 Å². The topological polar surface area (TPSA) is 72.7 Å². The molecule has 0 atom stereocenters. The molecule has 0 spiro atoms. The fourth-order valence-corrected chi connectivity index (χ4v) is 3.70. The highest BCUT2D eigenvalue weighted by molar-refractivity contribution is 5.25. The summed E-state index contributed by atoms with van der Waals surface area (Å²) in [4.78, 5) is 20.7. The van der Waals surface area contributed by atoms with E-state index in [1.807, 2.05) is 6.07 Å². The van der Waals surface area contributed by atoms with Crippen LogP contribution in [0.5, 0.6) is 0 Å². The highest BCUT2D eigenvalue weighted by Crippen LogP contribution is 2.29. The molecule has 23 heavy (non-hydrogen) atoms. The molecule has 1 N–H and O–H groups in total. The molecule has 0 saturated heterocycles. The molecule has 6 nitrogen and oxygen atoms in total. The molecule has 0 bridgehead atoms. The Morgan fingerprint density at radius 2 is 1.87 bits per heavy atom. The molecule has 0 unspecified atom stereocenters. The lowest BCUT2D eigenvalue weighted by atomic mass is 9.91. The minimum Gasteiger partial charge on any atom is -0.351 e. The van der Waals surface area contributed by atoms with E-state index in [0.717, 1.165) is 56.2 Å². The van der Waals surface area contributed by atoms with Gasteiger partial charge in [0.25, 0.3) is 5.56 Å². The van der Waals surface area contributed by atoms with Crippen molar-refractivity contribution in [3.63, 3.8) is 0 Å². The van der Waals surface area contributed by atoms with Gasteiger partial charge in [0, 0.05) is 24.5 Å². The van der Waals surface area contributed by atoms with Gasteiger partial charge < -0.3 is 5.32 Å². The zero-order valence-corrected chi connectivity index (χ0v) is 13.1. The molecule has 6 heteroatoms. The Balaban J connectivity index is 1.43. The average molecular weight is 311 g/mol. The minimum atomic E-state index is 0.0634. The number of nitrogens with zero attached hydrogens (tertiary/aromatic N) is 4. The van der Waals surface area contributed by atoms with Gasteiger partial charge in [0.05, 0.1) is 11.7 Å². The van der Waals surface area contributed by atoms with Crippen molar-refractivity contribution in [1.29, 1.82) is 0 Å². The van der Waals surface area contributed by atoms with Crippen molar-refractivity contribution in [3.05, 3.63) is 46.1 Å². The Bertz CT molecular complexity index is 734. The predicted molar refractivity (Wildman–Crippen MR) is 87.5 cm³/mol. The van der Waals surface area contributed by atoms with Crippen LogP contribution in [0.15, 0.2) is 29.3 Å². The van der Waals surface area contributed by atoms with Gasteiger partial charge in [-0.2, -0.15) is 5.10 Å². The summed E-state index contributed by atoms with van der Waals surface area (Å²) in [5.74, 6) is 0.684. The first-order chi connectivity index (χ1) is 11.3. The van der Waals surface area contributed by atoms with E-state index in [0.29, 0.717) is 12.0 Å². The normalized spacial score (nSPS) is 23.5. The largest absolute Gasteiger partial charge is 0.351 e. The van der Waals surface area contributed by atoms with Crippen molar-refractivity contribution in [2.24, 2.45) is 0 Å². The molecule has 0 amide bonds. The Hall–Kier alpha value is -2.24. The molecule has 120 valence electrons. The number of anilines is 1. The lowest BCUT2D eigenvalue weighted by Crippen LogP contribution is -2.34. The number of nitrogens with one attached hydrogen (secondary N) is 1. The van der Waals surface area contributed by atoms with Gasteiger partial charge in [-0.15, -0.1) is 0 Å². The second-order valence-corrected chi connectivity index (χ2v) is 6.47. The molecule has 2 aliphatic carbocycles. The third-order valence-electron chi connectivity index (χ3n) is 4.92. The molecule has 4 rings (SSSR count). The Morgan fingerprint density at radius 3 is 2.65 bits per heavy atom. The van der Waals surface area contributed by atoms with Gasteiger partial charge in [-0.3, -0.25) is 4.79 Å². The van der Waals surface area contributed by atoms with Gasteiger partial charge in [-0.1, -0.05) is 0 Å². The highest BCUT2D eigenvalue weighted by atomic mass is 16.1. The molecule has 0 radical (unpaired) electrons. The number of rotatable bonds is 3. The Kier molecular flexibility index (Phi) is 3.81. The summed E-state index contributed by atoms with van der Waals surface area (Å²) in [6.07, 6.45) is 10.6. The van der Waals surface area contributed by atoms with E-state index < -0.39 is 0 Å². The van der Waals surface area contributed by atoms with Crippen LogP contribution in [0, 0.1) is 0 Å². The van der Waals surface area contributed by atoms with Crippen LogP contribution in [0.1, 0.15) is 49.4 Å². The summed E-state index contributed by atoms with van der Waals surface area (Å²) in [5, 5.41) is 8.02. The second-order valence-electron chi connectivity index (χ2n) is 6.47. The maximum Gasteiger partial charge on any atom is 0.267 e. The molecule has 2 heterocycles. The predicted octanol–water partition coefficient (Wildman–Crippen LogP) is 2.12. The van der Waals surface area contributed by atoms with Gasteiger partial charge in [-0.25, -0.2) is 14.6 Å². The van der Waals surface area contributed by atoms with Crippen LogP contribution in [0.4, 0.5) is 5.95 Å². The first-order valence-corrected chi connectivity index (χ1v) is 8.45. The van der Waals surface area contributed by atoms with Crippen molar-refractivity contribution < 1.29 is 0 Å². The molecule has 0 aromatic carbocycles. The van der Waals surface area contributed by atoms with Crippen molar-refractivity contribution in [3.8, 4) is 0 Å². The fourth-order valence-electron chi connectivity index (χ4n) is 3.70. The number of fused-ring (bicyclic) bond motifs is 1. The van der Waals surface area contributed by atoms with E-state index in [-0.39, 0.29) is 11.6 Å². The number of aryl methyl sites for hydroxylation is 2. The van der Waals surface area contributed by atoms with Gasteiger partial charge in [0.1, 0.15) is 0 Å². The molecule has 1 saturated carbocycles. The zero-order chi connectivity index (χ0) is 15.6. The van der Waals surface area contributed by atoms with E-state index in [9.17, 15) is 4.79 Å². The third kappa shape index (κ3) is 2.98. The van der Waals surface area contributed by atoms with Crippen molar-refractivity contribution in [1.82, 2.24) is 19.7 Å². The quantitative estimate of drug-likeness (QED) is 0.940. The molecule has 2 aromatic heterocycles. The van der Waals surface area contributed by atoms with Gasteiger partial charge in [0.2, 0.25) is 5.95 Å². The summed E-state index contributed by atoms with van der Waals surface area (Å²) < 4.78 is 1.74. The lowest BCUT2D eigenvalue weighted by Gasteiger charge is -2.29. The number of hydrogen-bond donors (Lipinski definition) is 1. The SMILES string of the molecule is O=c1cc2c(nn1C1CCC(Nc3ncccn3)CC1)CCC2. The van der Waals surface area contributed by atoms with E-state index in [1.165, 1.54) is 0 Å². The Morgan fingerprint density at radius 1 is 1.09 bits per heavy atom. The smallest absolute Gasteiger partial charge is 0.267 e. The molecule has 0 aliphatic heterocycles. The van der Waals surface area contributed by atoms with Crippen molar-refractivity contribution in [2.45, 2.75) is 57.0 Å². The minimum absolute atomic E-state index is 0.0634. The van der Waals surface area contributed by atoms with Crippen LogP contribution in [0.25, 0.3) is 0 Å². The van der Waals surface area contributed by atoms with Gasteiger partial charge in [-0.05, 0) is 56.6 Å². The first-order valence-electron chi connectivity index (χ1n) is 8.45. The molecule has 1 fully saturated rings.